The van der Waals surface area contributed by atoms with E-state index >= 15 is 0 Å². The fourth-order valence-corrected chi connectivity index (χ4v) is 4.34. The van der Waals surface area contributed by atoms with Crippen LogP contribution >= 0.6 is 27.5 Å². The summed E-state index contributed by atoms with van der Waals surface area (Å²) in [4.78, 5) is 2.49. The van der Waals surface area contributed by atoms with E-state index in [1.54, 1.807) is 11.5 Å². The van der Waals surface area contributed by atoms with Gasteiger partial charge in [-0.05, 0) is 53.8 Å². The highest BCUT2D eigenvalue weighted by Gasteiger charge is 2.48. The van der Waals surface area contributed by atoms with Gasteiger partial charge in [0.2, 0.25) is 0 Å². The van der Waals surface area contributed by atoms with Crippen molar-refractivity contribution in [2.24, 2.45) is 0 Å². The molecule has 2 bridgehead atoms. The van der Waals surface area contributed by atoms with Gasteiger partial charge in [0.15, 0.2) is 0 Å². The van der Waals surface area contributed by atoms with Crippen molar-refractivity contribution in [2.75, 3.05) is 7.05 Å². The second-order valence-corrected chi connectivity index (χ2v) is 5.88. The van der Waals surface area contributed by atoms with Crippen LogP contribution < -0.4 is 0 Å². The van der Waals surface area contributed by atoms with E-state index in [9.17, 15) is 0 Å². The molecule has 2 unspecified atom stereocenters. The highest BCUT2D eigenvalue weighted by Crippen LogP contribution is 2.48. The Kier molecular flexibility index (Phi) is 2.27. The summed E-state index contributed by atoms with van der Waals surface area (Å²) in [5.41, 5.74) is 1.40. The molecule has 0 aliphatic carbocycles. The van der Waals surface area contributed by atoms with E-state index in [-0.39, 0.29) is 5.54 Å². The molecule has 2 atom stereocenters. The lowest BCUT2D eigenvalue weighted by molar-refractivity contribution is 0.138. The van der Waals surface area contributed by atoms with Crippen molar-refractivity contribution < 1.29 is 0 Å². The molecule has 2 aliphatic heterocycles. The summed E-state index contributed by atoms with van der Waals surface area (Å²) < 4.78 is 5.75. The lowest BCUT2D eigenvalue weighted by atomic mass is 9.88. The van der Waals surface area contributed by atoms with E-state index in [4.69, 9.17) is 0 Å². The van der Waals surface area contributed by atoms with E-state index in [0.717, 1.165) is 6.42 Å². The van der Waals surface area contributed by atoms with Gasteiger partial charge in [0.1, 0.15) is 0 Å². The van der Waals surface area contributed by atoms with E-state index in [1.165, 1.54) is 23.0 Å². The molecule has 1 fully saturated rings. The quantitative estimate of drug-likeness (QED) is 0.737. The Hall–Kier alpha value is -0.190. The van der Waals surface area contributed by atoms with Crippen LogP contribution in [-0.2, 0) is 5.54 Å². The van der Waals surface area contributed by atoms with Gasteiger partial charge in [-0.3, -0.25) is 4.90 Å². The van der Waals surface area contributed by atoms with Crippen molar-refractivity contribution in [3.63, 3.8) is 0 Å². The highest BCUT2D eigenvalue weighted by atomic mass is 79.9. The molecule has 80 valence electrons. The minimum absolute atomic E-state index is 0.165. The van der Waals surface area contributed by atoms with Crippen LogP contribution in [0, 0.1) is 0 Å². The fourth-order valence-electron chi connectivity index (χ4n) is 2.88. The number of aromatic nitrogens is 1. The maximum absolute atomic E-state index is 4.58. The summed E-state index contributed by atoms with van der Waals surface area (Å²) in [5.74, 6) is 0. The molecule has 1 saturated heterocycles. The Morgan fingerprint density at radius 2 is 2.53 bits per heavy atom. The van der Waals surface area contributed by atoms with Crippen LogP contribution in [0.2, 0.25) is 0 Å². The molecular formula is C11H13BrN2S. The van der Waals surface area contributed by atoms with Crippen LogP contribution in [0.4, 0.5) is 0 Å². The zero-order valence-electron chi connectivity index (χ0n) is 8.61. The molecule has 1 aromatic heterocycles. The standard InChI is InChI=1S/C11H13BrN2S/c1-14-8-3-2-5-11(14,6-4-8)10-9(12)7-15-13-10/h2-3,7-8H,4-6H2,1H3. The van der Waals surface area contributed by atoms with E-state index in [1.807, 2.05) is 0 Å². The SMILES string of the molecule is CN1C2C=CCC1(c1nscc1Br)CC2. The summed E-state index contributed by atoms with van der Waals surface area (Å²) in [6, 6.07) is 0.618. The van der Waals surface area contributed by atoms with Crippen LogP contribution in [-0.4, -0.2) is 22.4 Å². The Bertz CT molecular complexity index is 414. The Balaban J connectivity index is 2.11. The van der Waals surface area contributed by atoms with Crippen molar-refractivity contribution in [1.82, 2.24) is 9.27 Å². The van der Waals surface area contributed by atoms with Crippen molar-refractivity contribution in [1.29, 1.82) is 0 Å². The predicted molar refractivity (Wildman–Crippen MR) is 66.0 cm³/mol. The summed E-state index contributed by atoms with van der Waals surface area (Å²) in [7, 11) is 2.23. The van der Waals surface area contributed by atoms with Gasteiger partial charge >= 0.3 is 0 Å². The Morgan fingerprint density at radius 1 is 1.67 bits per heavy atom. The third kappa shape index (κ3) is 1.28. The molecule has 15 heavy (non-hydrogen) atoms. The molecule has 0 spiro atoms. The molecule has 0 radical (unpaired) electrons. The second kappa shape index (κ2) is 3.40. The monoisotopic (exact) mass is 284 g/mol. The van der Waals surface area contributed by atoms with E-state index in [2.05, 4.69) is 49.8 Å². The first-order valence-corrected chi connectivity index (χ1v) is 6.87. The zero-order valence-corrected chi connectivity index (χ0v) is 11.0. The smallest absolute Gasteiger partial charge is 0.0890 e. The number of fused-ring (bicyclic) bond motifs is 2. The molecule has 3 heterocycles. The molecule has 1 aromatic rings. The van der Waals surface area contributed by atoms with Gasteiger partial charge in [0, 0.05) is 11.4 Å². The maximum atomic E-state index is 4.58. The largest absolute Gasteiger partial charge is 0.288 e. The first-order chi connectivity index (χ1) is 7.24. The lowest BCUT2D eigenvalue weighted by Crippen LogP contribution is -2.43. The summed E-state index contributed by atoms with van der Waals surface area (Å²) in [6.45, 7) is 0. The maximum Gasteiger partial charge on any atom is 0.0890 e. The molecule has 0 N–H and O–H groups in total. The molecule has 0 saturated carbocycles. The third-order valence-electron chi connectivity index (χ3n) is 3.81. The zero-order chi connectivity index (χ0) is 10.5. The molecule has 4 heteroatoms. The van der Waals surface area contributed by atoms with E-state index < -0.39 is 0 Å². The average molecular weight is 285 g/mol. The minimum atomic E-state index is 0.165. The number of likely N-dealkylation sites (N-methyl/N-ethyl adjacent to an activating group) is 1. The Morgan fingerprint density at radius 3 is 3.27 bits per heavy atom. The van der Waals surface area contributed by atoms with Crippen molar-refractivity contribution in [3.05, 3.63) is 27.7 Å². The van der Waals surface area contributed by atoms with Gasteiger partial charge in [0.05, 0.1) is 15.7 Å². The van der Waals surface area contributed by atoms with E-state index in [0.29, 0.717) is 6.04 Å². The Labute approximate surface area is 102 Å². The van der Waals surface area contributed by atoms with Crippen molar-refractivity contribution >= 4 is 27.5 Å². The normalized spacial score (nSPS) is 34.9. The second-order valence-electron chi connectivity index (χ2n) is 4.39. The van der Waals surface area contributed by atoms with Gasteiger partial charge in [0.25, 0.3) is 0 Å². The summed E-state index contributed by atoms with van der Waals surface area (Å²) in [6.07, 6.45) is 8.25. The lowest BCUT2D eigenvalue weighted by Gasteiger charge is -2.39. The molecule has 0 amide bonds. The first kappa shape index (κ1) is 10.00. The van der Waals surface area contributed by atoms with Crippen LogP contribution in [0.5, 0.6) is 0 Å². The van der Waals surface area contributed by atoms with Gasteiger partial charge in [-0.15, -0.1) is 0 Å². The number of hydrogen-bond donors (Lipinski definition) is 0. The summed E-state index contributed by atoms with van der Waals surface area (Å²) >= 11 is 5.17. The number of nitrogens with zero attached hydrogens (tertiary/aromatic N) is 2. The van der Waals surface area contributed by atoms with Crippen LogP contribution in [0.1, 0.15) is 25.0 Å². The van der Waals surface area contributed by atoms with Crippen LogP contribution in [0.25, 0.3) is 0 Å². The molecule has 3 rings (SSSR count). The number of halogens is 1. The molecular weight excluding hydrogens is 272 g/mol. The predicted octanol–water partition coefficient (Wildman–Crippen LogP) is 3.16. The number of rotatable bonds is 1. The van der Waals surface area contributed by atoms with Gasteiger partial charge in [-0.1, -0.05) is 12.2 Å². The van der Waals surface area contributed by atoms with Crippen LogP contribution in [0.15, 0.2) is 22.0 Å². The fraction of sp³-hybridized carbons (Fsp3) is 0.545. The highest BCUT2D eigenvalue weighted by molar-refractivity contribution is 9.10. The number of hydrogen-bond acceptors (Lipinski definition) is 3. The average Bonchev–Trinajstić information content (AvgIpc) is 2.69. The summed E-state index contributed by atoms with van der Waals surface area (Å²) in [5, 5.41) is 2.09. The minimum Gasteiger partial charge on any atom is -0.288 e. The third-order valence-corrected chi connectivity index (χ3v) is 5.34. The first-order valence-electron chi connectivity index (χ1n) is 5.24. The van der Waals surface area contributed by atoms with Crippen molar-refractivity contribution in [3.8, 4) is 0 Å². The molecule has 2 aliphatic rings. The topological polar surface area (TPSA) is 16.1 Å². The van der Waals surface area contributed by atoms with Crippen LogP contribution in [0.3, 0.4) is 0 Å². The van der Waals surface area contributed by atoms with Gasteiger partial charge in [-0.2, -0.15) is 4.37 Å². The molecule has 0 aromatic carbocycles. The molecule has 2 nitrogen and oxygen atoms in total. The van der Waals surface area contributed by atoms with Gasteiger partial charge < -0.3 is 0 Å². The van der Waals surface area contributed by atoms with Gasteiger partial charge in [-0.25, -0.2) is 0 Å². The van der Waals surface area contributed by atoms with Crippen molar-refractivity contribution in [2.45, 2.75) is 30.8 Å².